The summed E-state index contributed by atoms with van der Waals surface area (Å²) in [4.78, 5) is 26.6. The van der Waals surface area contributed by atoms with Crippen LogP contribution in [0, 0.1) is 0 Å². The molecule has 0 aromatic rings. The summed E-state index contributed by atoms with van der Waals surface area (Å²) in [5.41, 5.74) is 0. The van der Waals surface area contributed by atoms with Crippen LogP contribution in [0.25, 0.3) is 0 Å². The molecule has 1 saturated heterocycles. The van der Waals surface area contributed by atoms with E-state index in [0.717, 1.165) is 109 Å². The van der Waals surface area contributed by atoms with Gasteiger partial charge in [0.1, 0.15) is 24.4 Å². The molecular weight excluding hydrogens is 1030 g/mol. The van der Waals surface area contributed by atoms with Gasteiger partial charge in [0.15, 0.2) is 12.4 Å². The third-order valence-corrected chi connectivity index (χ3v) is 15.9. The van der Waals surface area contributed by atoms with Gasteiger partial charge in [0.05, 0.1) is 25.4 Å². The van der Waals surface area contributed by atoms with Gasteiger partial charge in [0.25, 0.3) is 0 Å². The quantitative estimate of drug-likeness (QED) is 0.0195. The second kappa shape index (κ2) is 58.5. The number of carbonyl (C=O) groups is 2. The molecule has 11 nitrogen and oxygen atoms in total. The number of allylic oxidation sites excluding steroid dienone is 11. The van der Waals surface area contributed by atoms with Crippen molar-refractivity contribution in [3.8, 4) is 0 Å². The summed E-state index contributed by atoms with van der Waals surface area (Å²) in [6.45, 7) is 5.70. The van der Waals surface area contributed by atoms with Gasteiger partial charge in [-0.3, -0.25) is 9.59 Å². The van der Waals surface area contributed by atoms with Crippen LogP contribution in [-0.4, -0.2) is 99.6 Å². The van der Waals surface area contributed by atoms with Gasteiger partial charge in [-0.1, -0.05) is 299 Å². The Labute approximate surface area is 502 Å². The lowest BCUT2D eigenvalue weighted by Gasteiger charge is -2.41. The maximum Gasteiger partial charge on any atom is 0.306 e. The molecular formula is C71H127NO10. The lowest BCUT2D eigenvalue weighted by molar-refractivity contribution is -0.305. The van der Waals surface area contributed by atoms with Crippen molar-refractivity contribution in [1.82, 2.24) is 5.32 Å². The molecule has 0 radical (unpaired) electrons. The third-order valence-electron chi connectivity index (χ3n) is 15.9. The normalized spacial score (nSPS) is 19.0. The molecule has 1 rings (SSSR count). The minimum atomic E-state index is -1.62. The van der Waals surface area contributed by atoms with Crippen LogP contribution in [0.2, 0.25) is 0 Å². The molecule has 8 atom stereocenters. The molecule has 6 N–H and O–H groups in total. The number of amides is 1. The largest absolute Gasteiger partial charge is 0.454 e. The van der Waals surface area contributed by atoms with Crippen LogP contribution in [0.1, 0.15) is 303 Å². The number of nitrogens with one attached hydrogen (secondary N) is 1. The Bertz CT molecular complexity index is 1610. The van der Waals surface area contributed by atoms with Crippen molar-refractivity contribution in [3.63, 3.8) is 0 Å². The first-order chi connectivity index (χ1) is 40.2. The van der Waals surface area contributed by atoms with Crippen molar-refractivity contribution in [1.29, 1.82) is 0 Å². The molecule has 1 heterocycles. The van der Waals surface area contributed by atoms with Crippen LogP contribution < -0.4 is 5.32 Å². The minimum absolute atomic E-state index is 0.124. The van der Waals surface area contributed by atoms with Crippen molar-refractivity contribution in [2.45, 2.75) is 352 Å². The zero-order valence-corrected chi connectivity index (χ0v) is 52.9. The predicted molar refractivity (Wildman–Crippen MR) is 343 cm³/mol. The SMILES string of the molecule is CC/C=C\C/C=C\C/C=C\C/C=C\C/C=C\CCCCCCCCC(O)C(=O)NC(COC1OC(CO)C(O)C(O)C1OC(=O)CCCCCCCCCCCCCCCCCCCCC)C(O)/C=C/CCCCCCCCCCCC. The Morgan fingerprint density at radius 1 is 0.488 bits per heavy atom. The van der Waals surface area contributed by atoms with Gasteiger partial charge in [0, 0.05) is 6.42 Å². The van der Waals surface area contributed by atoms with Crippen LogP contribution in [0.15, 0.2) is 72.9 Å². The molecule has 0 aromatic heterocycles. The number of hydrogen-bond donors (Lipinski definition) is 6. The van der Waals surface area contributed by atoms with Crippen molar-refractivity contribution in [2.24, 2.45) is 0 Å². The Balaban J connectivity index is 2.62. The van der Waals surface area contributed by atoms with Gasteiger partial charge in [-0.15, -0.1) is 0 Å². The van der Waals surface area contributed by atoms with Gasteiger partial charge < -0.3 is 45.1 Å². The van der Waals surface area contributed by atoms with E-state index >= 15 is 0 Å². The summed E-state index contributed by atoms with van der Waals surface area (Å²) in [5, 5.41) is 57.2. The number of carbonyl (C=O) groups excluding carboxylic acids is 2. The van der Waals surface area contributed by atoms with E-state index in [1.54, 1.807) is 6.08 Å². The summed E-state index contributed by atoms with van der Waals surface area (Å²) in [6, 6.07) is -1.03. The number of hydrogen-bond acceptors (Lipinski definition) is 10. The second-order valence-corrected chi connectivity index (χ2v) is 23.5. The fourth-order valence-corrected chi connectivity index (χ4v) is 10.5. The first-order valence-electron chi connectivity index (χ1n) is 34.2. The van der Waals surface area contributed by atoms with Crippen LogP contribution in [0.5, 0.6) is 0 Å². The van der Waals surface area contributed by atoms with Gasteiger partial charge in [0.2, 0.25) is 5.91 Å². The van der Waals surface area contributed by atoms with Gasteiger partial charge in [-0.2, -0.15) is 0 Å². The number of aliphatic hydroxyl groups is 5. The molecule has 82 heavy (non-hydrogen) atoms. The highest BCUT2D eigenvalue weighted by Crippen LogP contribution is 2.26. The summed E-state index contributed by atoms with van der Waals surface area (Å²) in [5.74, 6) is -1.20. The fourth-order valence-electron chi connectivity index (χ4n) is 10.5. The zero-order chi connectivity index (χ0) is 59.6. The zero-order valence-electron chi connectivity index (χ0n) is 52.9. The van der Waals surface area contributed by atoms with E-state index in [0.29, 0.717) is 12.8 Å². The van der Waals surface area contributed by atoms with Crippen molar-refractivity contribution < 1.29 is 49.3 Å². The Kier molecular flexibility index (Phi) is 55.0. The molecule has 0 bridgehead atoms. The fraction of sp³-hybridized carbons (Fsp3) is 0.803. The van der Waals surface area contributed by atoms with E-state index in [9.17, 15) is 35.1 Å². The Hall–Kier alpha value is -2.90. The number of esters is 1. The van der Waals surface area contributed by atoms with E-state index in [4.69, 9.17) is 14.2 Å². The highest BCUT2D eigenvalue weighted by molar-refractivity contribution is 5.80. The first kappa shape index (κ1) is 77.1. The van der Waals surface area contributed by atoms with Gasteiger partial charge >= 0.3 is 5.97 Å². The number of unbranched alkanes of at least 4 members (excludes halogenated alkanes) is 34. The second-order valence-electron chi connectivity index (χ2n) is 23.5. The maximum atomic E-state index is 13.5. The van der Waals surface area contributed by atoms with Crippen LogP contribution >= 0.6 is 0 Å². The molecule has 0 spiro atoms. The lowest BCUT2D eigenvalue weighted by atomic mass is 9.99. The topological polar surface area (TPSA) is 175 Å². The standard InChI is InChI=1S/C71H127NO10/c1-4-7-10-13-16-19-22-25-27-29-31-32-33-35-36-38-40-43-46-49-52-55-58-64(75)70(79)72-62(63(74)57-54-51-48-45-42-24-21-18-15-12-9-6-3)61-80-71-69(68(78)67(77)65(60-73)81-71)82-66(76)59-56-53-50-47-44-41-39-37-34-30-28-26-23-20-17-14-11-8-5-2/h7,10,16,19,25,27,31-32,35-36,54,57,62-65,67-69,71,73-75,77-78H,4-6,8-9,11-15,17-18,20-24,26,28-30,33-34,37-53,55-56,58-61H2,1-3H3,(H,72,79)/b10-7-,19-16-,27-25-,32-31-,36-35-,57-54+. The molecule has 476 valence electrons. The maximum absolute atomic E-state index is 13.5. The van der Waals surface area contributed by atoms with E-state index in [2.05, 4.69) is 86.8 Å². The van der Waals surface area contributed by atoms with E-state index in [-0.39, 0.29) is 19.4 Å². The first-order valence-corrected chi connectivity index (χ1v) is 34.2. The summed E-state index contributed by atoms with van der Waals surface area (Å²) in [7, 11) is 0. The molecule has 1 aliphatic rings. The highest BCUT2D eigenvalue weighted by atomic mass is 16.7. The number of aliphatic hydroxyl groups excluding tert-OH is 5. The Morgan fingerprint density at radius 2 is 0.878 bits per heavy atom. The summed E-state index contributed by atoms with van der Waals surface area (Å²) < 4.78 is 17.7. The molecule has 1 fully saturated rings. The molecule has 11 heteroatoms. The summed E-state index contributed by atoms with van der Waals surface area (Å²) >= 11 is 0. The number of ether oxygens (including phenoxy) is 3. The van der Waals surface area contributed by atoms with E-state index < -0.39 is 67.4 Å². The summed E-state index contributed by atoms with van der Waals surface area (Å²) in [6.07, 6.45) is 65.1. The van der Waals surface area contributed by atoms with E-state index in [1.807, 2.05) is 6.08 Å². The van der Waals surface area contributed by atoms with Crippen molar-refractivity contribution in [2.75, 3.05) is 13.2 Å². The van der Waals surface area contributed by atoms with Crippen LogP contribution in [0.3, 0.4) is 0 Å². The lowest BCUT2D eigenvalue weighted by Crippen LogP contribution is -2.61. The van der Waals surface area contributed by atoms with Crippen LogP contribution in [0.4, 0.5) is 0 Å². The average Bonchev–Trinajstić information content (AvgIpc) is 3.68. The smallest absolute Gasteiger partial charge is 0.306 e. The average molecular weight is 1150 g/mol. The monoisotopic (exact) mass is 1150 g/mol. The molecule has 1 amide bonds. The van der Waals surface area contributed by atoms with Gasteiger partial charge in [-0.05, 0) is 70.6 Å². The van der Waals surface area contributed by atoms with Crippen molar-refractivity contribution >= 4 is 11.9 Å². The number of rotatable bonds is 58. The highest BCUT2D eigenvalue weighted by Gasteiger charge is 2.47. The van der Waals surface area contributed by atoms with Gasteiger partial charge in [-0.25, -0.2) is 0 Å². The molecule has 0 aliphatic carbocycles. The molecule has 0 saturated carbocycles. The van der Waals surface area contributed by atoms with Crippen LogP contribution in [-0.2, 0) is 23.8 Å². The van der Waals surface area contributed by atoms with E-state index in [1.165, 1.54) is 148 Å². The van der Waals surface area contributed by atoms with Crippen molar-refractivity contribution in [3.05, 3.63) is 72.9 Å². The third kappa shape index (κ3) is 45.5. The Morgan fingerprint density at radius 3 is 1.32 bits per heavy atom. The minimum Gasteiger partial charge on any atom is -0.454 e. The molecule has 0 aromatic carbocycles. The predicted octanol–water partition coefficient (Wildman–Crippen LogP) is 17.1. The molecule has 8 unspecified atom stereocenters. The molecule has 1 aliphatic heterocycles.